The topological polar surface area (TPSA) is 22.2 Å². The molecule has 0 aliphatic carbocycles. The molecule has 5 nitrogen and oxygen atoms in total. The van der Waals surface area contributed by atoms with Gasteiger partial charge >= 0.3 is 238 Å². The molecule has 4 heterocycles. The minimum absolute atomic E-state index is 0.278. The molecular weight excluding hydrogens is 663 g/mol. The van der Waals surface area contributed by atoms with Crippen LogP contribution in [0.15, 0.2) is 97.1 Å². The van der Waals surface area contributed by atoms with Crippen LogP contribution in [0.4, 0.5) is 22.7 Å². The van der Waals surface area contributed by atoms with Crippen molar-refractivity contribution in [3.8, 4) is 11.5 Å². The molecule has 0 unspecified atom stereocenters. The van der Waals surface area contributed by atoms with E-state index in [9.17, 15) is 0 Å². The van der Waals surface area contributed by atoms with Crippen LogP contribution in [0.1, 0.15) is 38.8 Å². The third kappa shape index (κ3) is 3.17. The summed E-state index contributed by atoms with van der Waals surface area (Å²) >= 11 is -0.567. The molecule has 198 valence electrons. The summed E-state index contributed by atoms with van der Waals surface area (Å²) in [5.41, 5.74) is 7.06. The zero-order valence-corrected chi connectivity index (χ0v) is 24.7. The molecule has 39 heavy (non-hydrogen) atoms. The van der Waals surface area contributed by atoms with Crippen molar-refractivity contribution < 1.29 is 22.4 Å². The van der Waals surface area contributed by atoms with Crippen LogP contribution in [0.3, 0.4) is 0 Å². The van der Waals surface area contributed by atoms with Gasteiger partial charge in [-0.1, -0.05) is 0 Å². The number of para-hydroxylation sites is 4. The van der Waals surface area contributed by atoms with Crippen molar-refractivity contribution in [2.45, 2.75) is 38.8 Å². The van der Waals surface area contributed by atoms with E-state index in [1.165, 1.54) is 42.2 Å². The molecule has 0 N–H and O–H groups in total. The third-order valence-electron chi connectivity index (χ3n) is 8.44. The first-order valence-corrected chi connectivity index (χ1v) is 15.7. The zero-order valence-electron chi connectivity index (χ0n) is 22.5. The van der Waals surface area contributed by atoms with Crippen LogP contribution in [0.2, 0.25) is 0 Å². The van der Waals surface area contributed by atoms with Crippen LogP contribution in [0, 0.1) is 0 Å². The summed E-state index contributed by atoms with van der Waals surface area (Å²) in [5.74, 6) is 1.73. The molecule has 4 aliphatic heterocycles. The SMILES string of the molecule is CC1(C)c2cccc(c2)Oc2cccc(c2)C(C)(C)N2[C]3=[Pt]=[C]4N(CN3c3ccccc32)c2ccccc2N41. The maximum absolute atomic E-state index is 6.52. The first kappa shape index (κ1) is 23.2. The molecule has 0 saturated heterocycles. The van der Waals surface area contributed by atoms with Gasteiger partial charge in [0.25, 0.3) is 0 Å². The average molecular weight is 694 g/mol. The number of nitrogens with zero attached hydrogens (tertiary/aromatic N) is 4. The first-order valence-electron chi connectivity index (χ1n) is 13.4. The van der Waals surface area contributed by atoms with Gasteiger partial charge in [0, 0.05) is 0 Å². The van der Waals surface area contributed by atoms with E-state index in [2.05, 4.69) is 144 Å². The van der Waals surface area contributed by atoms with Crippen molar-refractivity contribution in [1.82, 2.24) is 0 Å². The second-order valence-corrected chi connectivity index (χ2v) is 14.1. The summed E-state index contributed by atoms with van der Waals surface area (Å²) in [6.45, 7) is 10.2. The predicted molar refractivity (Wildman–Crippen MR) is 157 cm³/mol. The fraction of sp³-hybridized carbons (Fsp3) is 0.212. The van der Waals surface area contributed by atoms with E-state index in [0.29, 0.717) is 0 Å². The average Bonchev–Trinajstić information content (AvgIpc) is 3.44. The molecule has 0 aromatic heterocycles. The number of rotatable bonds is 0. The van der Waals surface area contributed by atoms with Gasteiger partial charge in [-0.15, -0.1) is 0 Å². The Morgan fingerprint density at radius 1 is 0.564 bits per heavy atom. The van der Waals surface area contributed by atoms with E-state index in [0.717, 1.165) is 18.2 Å². The van der Waals surface area contributed by atoms with Crippen molar-refractivity contribution in [1.29, 1.82) is 0 Å². The van der Waals surface area contributed by atoms with Gasteiger partial charge in [-0.2, -0.15) is 0 Å². The van der Waals surface area contributed by atoms with Gasteiger partial charge in [0.05, 0.1) is 0 Å². The summed E-state index contributed by atoms with van der Waals surface area (Å²) in [4.78, 5) is 10.3. The van der Waals surface area contributed by atoms with E-state index < -0.39 is 17.6 Å². The number of benzene rings is 4. The van der Waals surface area contributed by atoms with Gasteiger partial charge in [-0.25, -0.2) is 0 Å². The Morgan fingerprint density at radius 2 is 1.00 bits per heavy atom. The van der Waals surface area contributed by atoms with Crippen molar-refractivity contribution in [3.05, 3.63) is 108 Å². The molecular formula is C33H30N4OPt. The number of hydrogen-bond acceptors (Lipinski definition) is 5. The van der Waals surface area contributed by atoms with E-state index in [-0.39, 0.29) is 11.1 Å². The minimum atomic E-state index is -0.567. The first-order chi connectivity index (χ1) is 18.8. The number of anilines is 4. The van der Waals surface area contributed by atoms with Crippen molar-refractivity contribution in [2.24, 2.45) is 0 Å². The summed E-state index contributed by atoms with van der Waals surface area (Å²) in [7, 11) is 0. The van der Waals surface area contributed by atoms with Gasteiger partial charge in [0.15, 0.2) is 0 Å². The second-order valence-electron chi connectivity index (χ2n) is 11.5. The fourth-order valence-corrected chi connectivity index (χ4v) is 10.6. The Morgan fingerprint density at radius 3 is 1.46 bits per heavy atom. The van der Waals surface area contributed by atoms with Gasteiger partial charge < -0.3 is 0 Å². The van der Waals surface area contributed by atoms with Crippen LogP contribution in [-0.2, 0) is 28.7 Å². The molecule has 4 aliphatic rings. The van der Waals surface area contributed by atoms with E-state index in [1.807, 2.05) is 0 Å². The quantitative estimate of drug-likeness (QED) is 0.201. The Kier molecular flexibility index (Phi) is 4.72. The second kappa shape index (κ2) is 7.92. The summed E-state index contributed by atoms with van der Waals surface area (Å²) in [6, 6.07) is 35.1. The Bertz CT molecular complexity index is 1630. The molecule has 0 atom stereocenters. The summed E-state index contributed by atoms with van der Waals surface area (Å²) in [5, 5.41) is 0. The molecule has 0 spiro atoms. The van der Waals surface area contributed by atoms with Gasteiger partial charge in [-0.3, -0.25) is 0 Å². The molecule has 0 radical (unpaired) electrons. The molecule has 8 rings (SSSR count). The molecule has 6 heteroatoms. The van der Waals surface area contributed by atoms with E-state index >= 15 is 0 Å². The molecule has 4 aromatic rings. The predicted octanol–water partition coefficient (Wildman–Crippen LogP) is 6.84. The number of fused-ring (bicyclic) bond motifs is 10. The van der Waals surface area contributed by atoms with Crippen molar-refractivity contribution in [2.75, 3.05) is 26.3 Å². The Hall–Kier alpha value is -3.69. The monoisotopic (exact) mass is 693 g/mol. The fourth-order valence-electron chi connectivity index (χ4n) is 6.30. The standard InChI is InChI=1S/C33H30N4O.Pt/c1-32(2)24-11-9-13-26(19-24)38-27-14-10-12-25(20-27)33(3,4)37-23-35(29-16-6-8-18-31(29)37)21-34-22-36(32)30-17-7-5-15-28(30)34;/h5-20H,21H2,1-4H3;. The molecule has 0 fully saturated rings. The van der Waals surface area contributed by atoms with Gasteiger partial charge in [0.2, 0.25) is 0 Å². The van der Waals surface area contributed by atoms with Crippen molar-refractivity contribution in [3.63, 3.8) is 0 Å². The van der Waals surface area contributed by atoms with Crippen LogP contribution >= 0.6 is 0 Å². The zero-order chi connectivity index (χ0) is 26.5. The Labute approximate surface area is 237 Å². The van der Waals surface area contributed by atoms with Crippen molar-refractivity contribution >= 4 is 31.0 Å². The van der Waals surface area contributed by atoms with Crippen LogP contribution in [0.5, 0.6) is 11.5 Å². The Balaban J connectivity index is 1.48. The number of hydrogen-bond donors (Lipinski definition) is 0. The van der Waals surface area contributed by atoms with Crippen LogP contribution in [-0.4, -0.2) is 15.0 Å². The molecule has 6 bridgehead atoms. The van der Waals surface area contributed by atoms with Crippen LogP contribution in [0.25, 0.3) is 0 Å². The maximum atomic E-state index is 6.52. The van der Waals surface area contributed by atoms with E-state index in [1.54, 1.807) is 0 Å². The summed E-state index contributed by atoms with van der Waals surface area (Å²) in [6.07, 6.45) is 0. The molecule has 4 aromatic carbocycles. The summed E-state index contributed by atoms with van der Waals surface area (Å²) < 4.78 is 9.38. The van der Waals surface area contributed by atoms with Gasteiger partial charge in [0.1, 0.15) is 0 Å². The van der Waals surface area contributed by atoms with Gasteiger partial charge in [-0.05, 0) is 0 Å². The molecule has 0 amide bonds. The number of ether oxygens (including phenoxy) is 1. The third-order valence-corrected chi connectivity index (χ3v) is 11.7. The van der Waals surface area contributed by atoms with E-state index in [4.69, 9.17) is 4.74 Å². The molecule has 0 saturated carbocycles. The van der Waals surface area contributed by atoms with Crippen LogP contribution < -0.4 is 24.3 Å². The normalized spacial score (nSPS) is 19.6.